The van der Waals surface area contributed by atoms with Crippen LogP contribution < -0.4 is 25.5 Å². The smallest absolute Gasteiger partial charge is 0.213 e. The highest BCUT2D eigenvalue weighted by atomic mass is 16.5. The van der Waals surface area contributed by atoms with E-state index in [-0.39, 0.29) is 6.10 Å². The Labute approximate surface area is 199 Å². The van der Waals surface area contributed by atoms with Crippen molar-refractivity contribution in [3.8, 4) is 17.1 Å². The van der Waals surface area contributed by atoms with E-state index in [2.05, 4.69) is 43.7 Å². The highest BCUT2D eigenvalue weighted by Gasteiger charge is 2.24. The van der Waals surface area contributed by atoms with Gasteiger partial charge in [0.15, 0.2) is 0 Å². The summed E-state index contributed by atoms with van der Waals surface area (Å²) in [5, 5.41) is 4.96. The van der Waals surface area contributed by atoms with Gasteiger partial charge in [0.05, 0.1) is 47.0 Å². The van der Waals surface area contributed by atoms with Crippen molar-refractivity contribution in [3.05, 3.63) is 46.4 Å². The van der Waals surface area contributed by atoms with Gasteiger partial charge in [-0.25, -0.2) is 9.97 Å². The molecule has 1 aliphatic carbocycles. The van der Waals surface area contributed by atoms with E-state index >= 15 is 0 Å². The first-order valence-corrected chi connectivity index (χ1v) is 11.9. The number of fused-ring (bicyclic) bond motifs is 1. The molecule has 3 aliphatic rings. The largest absolute Gasteiger partial charge is 0.476 e. The summed E-state index contributed by atoms with van der Waals surface area (Å²) in [5.74, 6) is 0.611. The number of rotatable bonds is 8. The summed E-state index contributed by atoms with van der Waals surface area (Å²) in [5.41, 5.74) is 10.7. The second kappa shape index (κ2) is 10.4. The molecule has 1 unspecified atom stereocenters. The van der Waals surface area contributed by atoms with Gasteiger partial charge in [0.25, 0.3) is 0 Å². The maximum atomic E-state index is 5.68. The number of nitrogens with one attached hydrogen (secondary N) is 1. The number of allylic oxidation sites excluding steroid dienone is 1. The number of aromatic nitrogens is 2. The number of likely N-dealkylation sites (N-methyl/N-ethyl adjacent to an activating group) is 1. The van der Waals surface area contributed by atoms with Gasteiger partial charge in [0, 0.05) is 57.7 Å². The van der Waals surface area contributed by atoms with Crippen LogP contribution in [0.2, 0.25) is 0 Å². The molecule has 0 spiro atoms. The van der Waals surface area contributed by atoms with Crippen molar-refractivity contribution < 1.29 is 14.2 Å². The molecule has 2 aromatic heterocycles. The van der Waals surface area contributed by atoms with Crippen molar-refractivity contribution in [2.45, 2.75) is 12.5 Å². The normalized spacial score (nSPS) is 19.4. The molecule has 0 saturated carbocycles. The third kappa shape index (κ3) is 4.87. The summed E-state index contributed by atoms with van der Waals surface area (Å²) in [6.07, 6.45) is 5.19. The van der Waals surface area contributed by atoms with Gasteiger partial charge in [-0.15, -0.1) is 0 Å². The van der Waals surface area contributed by atoms with Gasteiger partial charge in [0.2, 0.25) is 5.88 Å². The van der Waals surface area contributed by atoms with Crippen LogP contribution in [0.15, 0.2) is 35.8 Å². The number of morpholine rings is 1. The molecule has 2 aliphatic heterocycles. The molecule has 2 aromatic rings. The van der Waals surface area contributed by atoms with Gasteiger partial charge in [-0.3, -0.25) is 0 Å². The van der Waals surface area contributed by atoms with E-state index in [1.54, 1.807) is 7.11 Å². The second-order valence-electron chi connectivity index (χ2n) is 8.60. The zero-order valence-corrected chi connectivity index (χ0v) is 19.8. The molecule has 8 nitrogen and oxygen atoms in total. The standard InChI is InChI=1S/C26H31N5O3/c1-27-8-12-34-26-6-3-19(17-28-26)23-16-25(31-9-7-21(18-31)32-2)22-5-4-20(15-24(22)29-23)30-10-13-33-14-11-30/h3,6,15-17,21,27H,7-14,18H2,1-2H3. The molecule has 8 heteroatoms. The molecule has 1 N–H and O–H groups in total. The van der Waals surface area contributed by atoms with Crippen LogP contribution in [0.3, 0.4) is 0 Å². The average molecular weight is 462 g/mol. The van der Waals surface area contributed by atoms with E-state index in [9.17, 15) is 0 Å². The fourth-order valence-corrected chi connectivity index (χ4v) is 4.46. The molecular weight excluding hydrogens is 430 g/mol. The molecule has 178 valence electrons. The first-order valence-electron chi connectivity index (χ1n) is 11.9. The SMILES string of the molecule is CNCCOc1ccc(-c2cc(N3CCC(OC)C3)c3c(n2)=CC(N2CCOCC2)=C=C=3)cn1. The lowest BCUT2D eigenvalue weighted by Crippen LogP contribution is -2.39. The molecular formula is C26H31N5O3. The minimum absolute atomic E-state index is 0.235. The monoisotopic (exact) mass is 461 g/mol. The number of hydrogen-bond acceptors (Lipinski definition) is 8. The van der Waals surface area contributed by atoms with Crippen LogP contribution in [0.5, 0.6) is 5.88 Å². The number of pyridine rings is 2. The Balaban J connectivity index is 1.53. The van der Waals surface area contributed by atoms with E-state index in [4.69, 9.17) is 19.2 Å². The van der Waals surface area contributed by atoms with Gasteiger partial charge in [0.1, 0.15) is 6.61 Å². The van der Waals surface area contributed by atoms with E-state index in [0.717, 1.165) is 85.6 Å². The number of methoxy groups -OCH3 is 1. The number of hydrogen-bond donors (Lipinski definition) is 1. The lowest BCUT2D eigenvalue weighted by atomic mass is 10.1. The van der Waals surface area contributed by atoms with E-state index in [1.807, 2.05) is 25.4 Å². The Morgan fingerprint density at radius 1 is 1.18 bits per heavy atom. The lowest BCUT2D eigenvalue weighted by molar-refractivity contribution is 0.0563. The third-order valence-electron chi connectivity index (χ3n) is 6.42. The van der Waals surface area contributed by atoms with E-state index in [1.165, 1.54) is 0 Å². The summed E-state index contributed by atoms with van der Waals surface area (Å²) >= 11 is 0. The van der Waals surface area contributed by atoms with Crippen molar-refractivity contribution in [3.63, 3.8) is 0 Å². The second-order valence-corrected chi connectivity index (χ2v) is 8.60. The molecule has 0 bridgehead atoms. The molecule has 4 heterocycles. The average Bonchev–Trinajstić information content (AvgIpc) is 3.38. The quantitative estimate of drug-likeness (QED) is 0.451. The van der Waals surface area contributed by atoms with Crippen molar-refractivity contribution >= 4 is 17.5 Å². The van der Waals surface area contributed by atoms with E-state index < -0.39 is 0 Å². The fourth-order valence-electron chi connectivity index (χ4n) is 4.46. The number of nitrogens with zero attached hydrogens (tertiary/aromatic N) is 4. The highest BCUT2D eigenvalue weighted by molar-refractivity contribution is 5.67. The lowest BCUT2D eigenvalue weighted by Gasteiger charge is -2.28. The van der Waals surface area contributed by atoms with Crippen LogP contribution in [-0.4, -0.2) is 87.7 Å². The zero-order valence-electron chi connectivity index (χ0n) is 19.8. The van der Waals surface area contributed by atoms with Crippen LogP contribution in [0.4, 0.5) is 5.69 Å². The fraction of sp³-hybridized carbons (Fsp3) is 0.462. The van der Waals surface area contributed by atoms with Crippen molar-refractivity contribution in [1.82, 2.24) is 20.2 Å². The van der Waals surface area contributed by atoms with Gasteiger partial charge < -0.3 is 29.3 Å². The molecule has 0 amide bonds. The molecule has 34 heavy (non-hydrogen) atoms. The summed E-state index contributed by atoms with van der Waals surface area (Å²) < 4.78 is 16.8. The van der Waals surface area contributed by atoms with Crippen LogP contribution in [-0.2, 0) is 9.47 Å². The number of ether oxygens (including phenoxy) is 3. The maximum absolute atomic E-state index is 5.68. The van der Waals surface area contributed by atoms with Gasteiger partial charge in [-0.1, -0.05) is 5.73 Å². The van der Waals surface area contributed by atoms with Gasteiger partial charge in [-0.05, 0) is 37.4 Å². The van der Waals surface area contributed by atoms with Gasteiger partial charge in [-0.2, -0.15) is 0 Å². The van der Waals surface area contributed by atoms with Crippen molar-refractivity contribution in [2.24, 2.45) is 0 Å². The molecule has 5 rings (SSSR count). The molecule has 2 fully saturated rings. The summed E-state index contributed by atoms with van der Waals surface area (Å²) in [6.45, 7) is 6.29. The van der Waals surface area contributed by atoms with Crippen LogP contribution >= 0.6 is 0 Å². The zero-order chi connectivity index (χ0) is 23.3. The Bertz CT molecular complexity index is 1210. The highest BCUT2D eigenvalue weighted by Crippen LogP contribution is 2.24. The summed E-state index contributed by atoms with van der Waals surface area (Å²) in [4.78, 5) is 14.2. The predicted molar refractivity (Wildman–Crippen MR) is 131 cm³/mol. The Kier molecular flexibility index (Phi) is 6.95. The maximum Gasteiger partial charge on any atom is 0.213 e. The first kappa shape index (κ1) is 22.7. The minimum atomic E-state index is 0.235. The molecule has 0 radical (unpaired) electrons. The number of anilines is 1. The van der Waals surface area contributed by atoms with E-state index in [0.29, 0.717) is 12.5 Å². The van der Waals surface area contributed by atoms with Crippen LogP contribution in [0.1, 0.15) is 6.42 Å². The van der Waals surface area contributed by atoms with Crippen molar-refractivity contribution in [2.75, 3.05) is 71.6 Å². The Morgan fingerprint density at radius 2 is 2.06 bits per heavy atom. The summed E-state index contributed by atoms with van der Waals surface area (Å²) in [6, 6.07) is 6.05. The first-order chi connectivity index (χ1) is 16.7. The minimum Gasteiger partial charge on any atom is -0.476 e. The molecule has 1 atom stereocenters. The molecule has 2 saturated heterocycles. The van der Waals surface area contributed by atoms with Crippen molar-refractivity contribution in [1.29, 1.82) is 0 Å². The topological polar surface area (TPSA) is 72.0 Å². The summed E-state index contributed by atoms with van der Waals surface area (Å²) in [7, 11) is 3.68. The Hall–Kier alpha value is -3.12. The van der Waals surface area contributed by atoms with Crippen LogP contribution in [0, 0.1) is 0 Å². The van der Waals surface area contributed by atoms with Crippen LogP contribution in [0.25, 0.3) is 23.1 Å². The van der Waals surface area contributed by atoms with Gasteiger partial charge >= 0.3 is 0 Å². The third-order valence-corrected chi connectivity index (χ3v) is 6.42. The molecule has 0 aromatic carbocycles. The predicted octanol–water partition coefficient (Wildman–Crippen LogP) is 0.512. The Morgan fingerprint density at radius 3 is 2.79 bits per heavy atom.